The van der Waals surface area contributed by atoms with Crippen LogP contribution in [0.2, 0.25) is 0 Å². The van der Waals surface area contributed by atoms with Gasteiger partial charge >= 0.3 is 0 Å². The number of ether oxygens (including phenoxy) is 1. The molecule has 0 bridgehead atoms. The quantitative estimate of drug-likeness (QED) is 0.552. The number of hydrogen-bond donors (Lipinski definition) is 0. The molecule has 0 aromatic heterocycles. The molecule has 0 aliphatic carbocycles. The van der Waals surface area contributed by atoms with Gasteiger partial charge in [-0.1, -0.05) is 13.8 Å². The first-order valence-corrected chi connectivity index (χ1v) is 3.69. The summed E-state index contributed by atoms with van der Waals surface area (Å²) in [5.74, 6) is 1.49. The van der Waals surface area contributed by atoms with Crippen LogP contribution in [0.3, 0.4) is 0 Å². The van der Waals surface area contributed by atoms with Crippen LogP contribution in [-0.4, -0.2) is 12.7 Å². The van der Waals surface area contributed by atoms with E-state index in [-0.39, 0.29) is 0 Å². The van der Waals surface area contributed by atoms with Gasteiger partial charge in [0.2, 0.25) is 0 Å². The standard InChI is InChI=1S/C8H15O/c1-7(2)6-8-4-3-5-9-8/h8H,3-6H2,1-2H3. The van der Waals surface area contributed by atoms with Crippen LogP contribution in [-0.2, 0) is 4.74 Å². The Balaban J connectivity index is 2.11. The lowest BCUT2D eigenvalue weighted by molar-refractivity contribution is 0.107. The van der Waals surface area contributed by atoms with Crippen LogP contribution < -0.4 is 0 Å². The molecule has 1 heteroatoms. The summed E-state index contributed by atoms with van der Waals surface area (Å²) in [6, 6.07) is 0. The van der Waals surface area contributed by atoms with Gasteiger partial charge in [0, 0.05) is 6.61 Å². The molecule has 1 atom stereocenters. The molecule has 0 saturated carbocycles. The molecule has 0 amide bonds. The van der Waals surface area contributed by atoms with Crippen molar-refractivity contribution in [2.45, 2.75) is 39.2 Å². The van der Waals surface area contributed by atoms with Gasteiger partial charge in [-0.05, 0) is 25.2 Å². The maximum Gasteiger partial charge on any atom is 0.0581 e. The fourth-order valence-electron chi connectivity index (χ4n) is 1.26. The largest absolute Gasteiger partial charge is 0.378 e. The van der Waals surface area contributed by atoms with Crippen molar-refractivity contribution in [2.24, 2.45) is 0 Å². The van der Waals surface area contributed by atoms with Gasteiger partial charge < -0.3 is 4.74 Å². The Kier molecular flexibility index (Phi) is 2.52. The van der Waals surface area contributed by atoms with Crippen LogP contribution in [0.5, 0.6) is 0 Å². The van der Waals surface area contributed by atoms with Gasteiger partial charge in [-0.25, -0.2) is 0 Å². The maximum atomic E-state index is 5.44. The lowest BCUT2D eigenvalue weighted by Gasteiger charge is -2.10. The van der Waals surface area contributed by atoms with E-state index in [1.807, 2.05) is 0 Å². The third-order valence-electron chi connectivity index (χ3n) is 1.66. The Morgan fingerprint density at radius 3 is 2.78 bits per heavy atom. The highest BCUT2D eigenvalue weighted by molar-refractivity contribution is 4.82. The summed E-state index contributed by atoms with van der Waals surface area (Å²) >= 11 is 0. The zero-order valence-corrected chi connectivity index (χ0v) is 6.31. The lowest BCUT2D eigenvalue weighted by Crippen LogP contribution is -2.06. The van der Waals surface area contributed by atoms with Crippen molar-refractivity contribution >= 4 is 0 Å². The molecule has 53 valence electrons. The molecule has 1 fully saturated rings. The third-order valence-corrected chi connectivity index (χ3v) is 1.66. The van der Waals surface area contributed by atoms with Gasteiger partial charge in [-0.3, -0.25) is 0 Å². The molecule has 1 aliphatic heterocycles. The van der Waals surface area contributed by atoms with Crippen molar-refractivity contribution in [1.82, 2.24) is 0 Å². The predicted molar refractivity (Wildman–Crippen MR) is 38.2 cm³/mol. The fourth-order valence-corrected chi connectivity index (χ4v) is 1.26. The van der Waals surface area contributed by atoms with E-state index >= 15 is 0 Å². The van der Waals surface area contributed by atoms with Crippen molar-refractivity contribution in [3.05, 3.63) is 5.92 Å². The summed E-state index contributed by atoms with van der Waals surface area (Å²) in [7, 11) is 0. The van der Waals surface area contributed by atoms with E-state index in [9.17, 15) is 0 Å². The van der Waals surface area contributed by atoms with Crippen LogP contribution in [0.15, 0.2) is 0 Å². The van der Waals surface area contributed by atoms with Crippen LogP contribution in [0.4, 0.5) is 0 Å². The summed E-state index contributed by atoms with van der Waals surface area (Å²) in [6.07, 6.45) is 4.25. The van der Waals surface area contributed by atoms with E-state index in [0.29, 0.717) is 6.10 Å². The summed E-state index contributed by atoms with van der Waals surface area (Å²) in [4.78, 5) is 0. The molecule has 1 heterocycles. The first kappa shape index (κ1) is 7.07. The molecule has 9 heavy (non-hydrogen) atoms. The van der Waals surface area contributed by atoms with Crippen molar-refractivity contribution in [2.75, 3.05) is 6.61 Å². The minimum absolute atomic E-state index is 0.551. The van der Waals surface area contributed by atoms with E-state index in [2.05, 4.69) is 13.8 Å². The highest BCUT2D eigenvalue weighted by Gasteiger charge is 2.15. The normalized spacial score (nSPS) is 27.7. The molecule has 1 saturated heterocycles. The topological polar surface area (TPSA) is 9.23 Å². The van der Waals surface area contributed by atoms with E-state index in [1.165, 1.54) is 25.2 Å². The molecule has 0 aromatic carbocycles. The third kappa shape index (κ3) is 2.35. The van der Waals surface area contributed by atoms with Crippen LogP contribution in [0.25, 0.3) is 0 Å². The molecule has 0 N–H and O–H groups in total. The summed E-state index contributed by atoms with van der Waals surface area (Å²) < 4.78 is 5.44. The first-order valence-electron chi connectivity index (χ1n) is 3.69. The summed E-state index contributed by atoms with van der Waals surface area (Å²) in [5.41, 5.74) is 0. The van der Waals surface area contributed by atoms with Gasteiger partial charge in [0.1, 0.15) is 0 Å². The van der Waals surface area contributed by atoms with Crippen molar-refractivity contribution in [3.63, 3.8) is 0 Å². The molecule has 1 rings (SSSR count). The van der Waals surface area contributed by atoms with Crippen LogP contribution in [0, 0.1) is 5.92 Å². The van der Waals surface area contributed by atoms with Gasteiger partial charge in [-0.2, -0.15) is 0 Å². The average molecular weight is 127 g/mol. The molecule has 0 spiro atoms. The van der Waals surface area contributed by atoms with E-state index in [1.54, 1.807) is 0 Å². The van der Waals surface area contributed by atoms with Crippen LogP contribution >= 0.6 is 0 Å². The number of hydrogen-bond acceptors (Lipinski definition) is 1. The minimum atomic E-state index is 0.551. The van der Waals surface area contributed by atoms with Crippen molar-refractivity contribution < 1.29 is 4.74 Å². The Hall–Kier alpha value is -0.0400. The van der Waals surface area contributed by atoms with Crippen LogP contribution in [0.1, 0.15) is 33.1 Å². The Morgan fingerprint density at radius 2 is 2.33 bits per heavy atom. The first-order chi connectivity index (χ1) is 4.29. The fraction of sp³-hybridized carbons (Fsp3) is 0.875. The monoisotopic (exact) mass is 127 g/mol. The van der Waals surface area contributed by atoms with Crippen molar-refractivity contribution in [1.29, 1.82) is 0 Å². The smallest absolute Gasteiger partial charge is 0.0581 e. The van der Waals surface area contributed by atoms with Gasteiger partial charge in [0.25, 0.3) is 0 Å². The van der Waals surface area contributed by atoms with Gasteiger partial charge in [-0.15, -0.1) is 0 Å². The average Bonchev–Trinajstić information content (AvgIpc) is 2.15. The lowest BCUT2D eigenvalue weighted by atomic mass is 10.0. The molecular weight excluding hydrogens is 112 g/mol. The SMILES string of the molecule is C[C](C)CC1CCCO1. The summed E-state index contributed by atoms with van der Waals surface area (Å²) in [6.45, 7) is 5.32. The Labute approximate surface area is 57.4 Å². The maximum absolute atomic E-state index is 5.44. The highest BCUT2D eigenvalue weighted by atomic mass is 16.5. The van der Waals surface area contributed by atoms with E-state index in [4.69, 9.17) is 4.74 Å². The molecule has 1 radical (unpaired) electrons. The highest BCUT2D eigenvalue weighted by Crippen LogP contribution is 2.19. The molecule has 0 aromatic rings. The second kappa shape index (κ2) is 3.21. The zero-order chi connectivity index (χ0) is 6.69. The minimum Gasteiger partial charge on any atom is -0.378 e. The molecule has 1 aliphatic rings. The van der Waals surface area contributed by atoms with Gasteiger partial charge in [0.15, 0.2) is 0 Å². The zero-order valence-electron chi connectivity index (χ0n) is 6.31. The predicted octanol–water partition coefficient (Wildman–Crippen LogP) is 2.17. The summed E-state index contributed by atoms with van der Waals surface area (Å²) in [5, 5.41) is 0. The van der Waals surface area contributed by atoms with Gasteiger partial charge in [0.05, 0.1) is 6.10 Å². The van der Waals surface area contributed by atoms with Crippen molar-refractivity contribution in [3.8, 4) is 0 Å². The molecular formula is C8H15O. The number of rotatable bonds is 2. The molecule has 1 nitrogen and oxygen atoms in total. The second-order valence-corrected chi connectivity index (χ2v) is 3.05. The second-order valence-electron chi connectivity index (χ2n) is 3.05. The van der Waals surface area contributed by atoms with E-state index < -0.39 is 0 Å². The van der Waals surface area contributed by atoms with E-state index in [0.717, 1.165) is 6.61 Å². The Bertz CT molecular complexity index is 72.6. The Morgan fingerprint density at radius 1 is 1.56 bits per heavy atom. The molecule has 1 unspecified atom stereocenters.